The van der Waals surface area contributed by atoms with Crippen molar-refractivity contribution in [2.45, 2.75) is 33.2 Å². The predicted octanol–water partition coefficient (Wildman–Crippen LogP) is 2.72. The van der Waals surface area contributed by atoms with Gasteiger partial charge in [-0.2, -0.15) is 5.10 Å². The zero-order valence-electron chi connectivity index (χ0n) is 12.1. The van der Waals surface area contributed by atoms with Gasteiger partial charge < -0.3 is 5.73 Å². The summed E-state index contributed by atoms with van der Waals surface area (Å²) >= 11 is 1.75. The molecule has 5 nitrogen and oxygen atoms in total. The van der Waals surface area contributed by atoms with Crippen LogP contribution < -0.4 is 5.73 Å². The largest absolute Gasteiger partial charge is 0.369 e. The van der Waals surface area contributed by atoms with E-state index in [1.54, 1.807) is 11.3 Å². The summed E-state index contributed by atoms with van der Waals surface area (Å²) in [5.41, 5.74) is 10.4. The van der Waals surface area contributed by atoms with Crippen molar-refractivity contribution in [1.82, 2.24) is 19.3 Å². The summed E-state index contributed by atoms with van der Waals surface area (Å²) in [6.07, 6.45) is 1.99. The molecule has 0 aliphatic rings. The molecular weight excluding hydrogens is 270 g/mol. The van der Waals surface area contributed by atoms with Gasteiger partial charge in [0.15, 0.2) is 5.65 Å². The first-order valence-corrected chi connectivity index (χ1v) is 7.70. The molecule has 0 aliphatic heterocycles. The summed E-state index contributed by atoms with van der Waals surface area (Å²) in [5.74, 6) is 0.568. The van der Waals surface area contributed by atoms with E-state index in [0.29, 0.717) is 5.95 Å². The number of fused-ring (bicyclic) bond motifs is 1. The third kappa shape index (κ3) is 2.00. The number of hydrogen-bond donors (Lipinski definition) is 1. The number of imidazole rings is 1. The zero-order chi connectivity index (χ0) is 14.3. The van der Waals surface area contributed by atoms with Crippen LogP contribution in [-0.4, -0.2) is 19.3 Å². The maximum Gasteiger partial charge on any atom is 0.202 e. The van der Waals surface area contributed by atoms with Crippen LogP contribution in [0, 0.1) is 6.92 Å². The molecular formula is C14H19N5S. The quantitative estimate of drug-likeness (QED) is 0.803. The molecule has 0 atom stereocenters. The van der Waals surface area contributed by atoms with Crippen LogP contribution in [-0.2, 0) is 20.0 Å². The van der Waals surface area contributed by atoms with E-state index < -0.39 is 0 Å². The van der Waals surface area contributed by atoms with Gasteiger partial charge in [0.05, 0.1) is 12.2 Å². The van der Waals surface area contributed by atoms with E-state index in [1.807, 2.05) is 11.7 Å². The van der Waals surface area contributed by atoms with Gasteiger partial charge in [-0.25, -0.2) is 4.98 Å². The Morgan fingerprint density at radius 3 is 2.85 bits per heavy atom. The molecule has 106 valence electrons. The highest BCUT2D eigenvalue weighted by Crippen LogP contribution is 2.25. The van der Waals surface area contributed by atoms with Crippen molar-refractivity contribution in [1.29, 1.82) is 0 Å². The summed E-state index contributed by atoms with van der Waals surface area (Å²) < 4.78 is 3.95. The highest BCUT2D eigenvalue weighted by molar-refractivity contribution is 7.10. The molecule has 3 aromatic heterocycles. The van der Waals surface area contributed by atoms with Crippen LogP contribution in [0.25, 0.3) is 11.2 Å². The number of aryl methyl sites for hydroxylation is 3. The van der Waals surface area contributed by atoms with Crippen molar-refractivity contribution in [3.05, 3.63) is 27.6 Å². The van der Waals surface area contributed by atoms with E-state index in [-0.39, 0.29) is 0 Å². The zero-order valence-corrected chi connectivity index (χ0v) is 12.9. The van der Waals surface area contributed by atoms with E-state index in [4.69, 9.17) is 5.73 Å². The number of thiophene rings is 1. The van der Waals surface area contributed by atoms with Gasteiger partial charge in [-0.15, -0.1) is 11.3 Å². The van der Waals surface area contributed by atoms with Crippen LogP contribution in [0.1, 0.15) is 29.5 Å². The van der Waals surface area contributed by atoms with Crippen LogP contribution in [0.5, 0.6) is 0 Å². The maximum absolute atomic E-state index is 6.11. The Balaban J connectivity index is 2.11. The maximum atomic E-state index is 6.11. The van der Waals surface area contributed by atoms with Crippen molar-refractivity contribution >= 4 is 28.4 Å². The lowest BCUT2D eigenvalue weighted by molar-refractivity contribution is 0.713. The van der Waals surface area contributed by atoms with Crippen LogP contribution in [0.15, 0.2) is 11.4 Å². The molecule has 3 aromatic rings. The first-order chi connectivity index (χ1) is 9.61. The number of hydrogen-bond acceptors (Lipinski definition) is 4. The first kappa shape index (κ1) is 13.2. The Hall–Kier alpha value is -1.82. The number of nitrogen functional groups attached to an aromatic ring is 1. The number of anilines is 1. The van der Waals surface area contributed by atoms with Gasteiger partial charge in [-0.1, -0.05) is 13.3 Å². The monoisotopic (exact) mass is 289 g/mol. The van der Waals surface area contributed by atoms with Crippen molar-refractivity contribution in [2.75, 3.05) is 5.73 Å². The number of aromatic nitrogens is 4. The average molecular weight is 289 g/mol. The number of nitrogens with two attached hydrogens (primary N) is 1. The van der Waals surface area contributed by atoms with Crippen LogP contribution in [0.2, 0.25) is 0 Å². The Labute approximate surface area is 122 Å². The van der Waals surface area contributed by atoms with E-state index in [0.717, 1.165) is 36.2 Å². The van der Waals surface area contributed by atoms with Gasteiger partial charge in [0.25, 0.3) is 0 Å². The lowest BCUT2D eigenvalue weighted by Gasteiger charge is -2.06. The molecule has 20 heavy (non-hydrogen) atoms. The number of nitrogens with zero attached hydrogens (tertiary/aromatic N) is 4. The highest BCUT2D eigenvalue weighted by Gasteiger charge is 2.18. The summed E-state index contributed by atoms with van der Waals surface area (Å²) in [7, 11) is 1.96. The molecule has 0 radical (unpaired) electrons. The SMILES string of the molecule is CCCc1nn(C)c2c1nc(N)n2Cc1sccc1C. The van der Waals surface area contributed by atoms with Gasteiger partial charge in [-0.3, -0.25) is 9.25 Å². The molecule has 3 heterocycles. The lowest BCUT2D eigenvalue weighted by Crippen LogP contribution is -2.07. The van der Waals surface area contributed by atoms with Gasteiger partial charge in [-0.05, 0) is 30.4 Å². The fourth-order valence-corrected chi connectivity index (χ4v) is 3.42. The molecule has 3 rings (SSSR count). The van der Waals surface area contributed by atoms with E-state index in [1.165, 1.54) is 10.4 Å². The van der Waals surface area contributed by atoms with Crippen LogP contribution in [0.3, 0.4) is 0 Å². The topological polar surface area (TPSA) is 61.7 Å². The van der Waals surface area contributed by atoms with Crippen molar-refractivity contribution in [3.63, 3.8) is 0 Å². The lowest BCUT2D eigenvalue weighted by atomic mass is 10.2. The molecule has 2 N–H and O–H groups in total. The van der Waals surface area contributed by atoms with E-state index >= 15 is 0 Å². The van der Waals surface area contributed by atoms with Gasteiger partial charge >= 0.3 is 0 Å². The second-order valence-corrected chi connectivity index (χ2v) is 6.08. The molecule has 6 heteroatoms. The van der Waals surface area contributed by atoms with Crippen molar-refractivity contribution in [2.24, 2.45) is 7.05 Å². The first-order valence-electron chi connectivity index (χ1n) is 6.82. The summed E-state index contributed by atoms with van der Waals surface area (Å²) in [6.45, 7) is 5.04. The Bertz CT molecular complexity index is 749. The van der Waals surface area contributed by atoms with Crippen LogP contribution in [0.4, 0.5) is 5.95 Å². The van der Waals surface area contributed by atoms with Crippen LogP contribution >= 0.6 is 11.3 Å². The Morgan fingerprint density at radius 1 is 1.40 bits per heavy atom. The molecule has 0 saturated heterocycles. The predicted molar refractivity (Wildman–Crippen MR) is 83.1 cm³/mol. The fraction of sp³-hybridized carbons (Fsp3) is 0.429. The summed E-state index contributed by atoms with van der Waals surface area (Å²) in [4.78, 5) is 5.84. The fourth-order valence-electron chi connectivity index (χ4n) is 2.53. The second-order valence-electron chi connectivity index (χ2n) is 5.08. The standard InChI is InChI=1S/C14H19N5S/c1-4-5-10-12-13(18(3)17-10)19(14(15)16-12)8-11-9(2)6-7-20-11/h6-7H,4-5,8H2,1-3H3,(H2,15,16). The molecule has 0 bridgehead atoms. The van der Waals surface area contributed by atoms with Gasteiger partial charge in [0.2, 0.25) is 5.95 Å². The minimum absolute atomic E-state index is 0.568. The van der Waals surface area contributed by atoms with Crippen molar-refractivity contribution < 1.29 is 0 Å². The van der Waals surface area contributed by atoms with Crippen molar-refractivity contribution in [3.8, 4) is 0 Å². The third-order valence-corrected chi connectivity index (χ3v) is 4.59. The highest BCUT2D eigenvalue weighted by atomic mass is 32.1. The number of rotatable bonds is 4. The van der Waals surface area contributed by atoms with Gasteiger partial charge in [0, 0.05) is 11.9 Å². The summed E-state index contributed by atoms with van der Waals surface area (Å²) in [6, 6.07) is 2.13. The molecule has 0 amide bonds. The summed E-state index contributed by atoms with van der Waals surface area (Å²) in [5, 5.41) is 6.69. The minimum atomic E-state index is 0.568. The Kier molecular flexibility index (Phi) is 3.25. The van der Waals surface area contributed by atoms with E-state index in [9.17, 15) is 0 Å². The molecule has 0 aliphatic carbocycles. The second kappa shape index (κ2) is 4.94. The third-order valence-electron chi connectivity index (χ3n) is 3.58. The molecule has 0 saturated carbocycles. The van der Waals surface area contributed by atoms with Gasteiger partial charge in [0.1, 0.15) is 5.52 Å². The minimum Gasteiger partial charge on any atom is -0.369 e. The van der Waals surface area contributed by atoms with E-state index in [2.05, 4.69) is 39.9 Å². The normalized spacial score (nSPS) is 11.6. The smallest absolute Gasteiger partial charge is 0.202 e. The molecule has 0 unspecified atom stereocenters. The Morgan fingerprint density at radius 2 is 2.20 bits per heavy atom. The molecule has 0 fully saturated rings. The molecule has 0 aromatic carbocycles. The molecule has 0 spiro atoms. The average Bonchev–Trinajstić information content (AvgIpc) is 3.02.